The minimum atomic E-state index is -0.136. The number of ether oxygens (including phenoxy) is 1. The Labute approximate surface area is 125 Å². The van der Waals surface area contributed by atoms with Gasteiger partial charge in [-0.05, 0) is 30.0 Å². The summed E-state index contributed by atoms with van der Waals surface area (Å²) in [5, 5.41) is 0. The number of carbonyl (C=O) groups is 1. The molecule has 4 nitrogen and oxygen atoms in total. The second kappa shape index (κ2) is 7.07. The molecular weight excluding hydrogens is 264 g/mol. The molecule has 0 spiro atoms. The van der Waals surface area contributed by atoms with Crippen LogP contribution in [0.15, 0.2) is 30.7 Å². The summed E-state index contributed by atoms with van der Waals surface area (Å²) >= 11 is 0. The summed E-state index contributed by atoms with van der Waals surface area (Å²) in [6.45, 7) is 6.51. The first-order valence-corrected chi connectivity index (χ1v) is 7.36. The molecule has 1 aromatic heterocycles. The van der Waals surface area contributed by atoms with Crippen LogP contribution >= 0.6 is 0 Å². The van der Waals surface area contributed by atoms with Gasteiger partial charge in [-0.3, -0.25) is 4.79 Å². The monoisotopic (exact) mass is 286 g/mol. The minimum absolute atomic E-state index is 0.136. The highest BCUT2D eigenvalue weighted by molar-refractivity contribution is 5.69. The van der Waals surface area contributed by atoms with Gasteiger partial charge in [-0.2, -0.15) is 0 Å². The van der Waals surface area contributed by atoms with Crippen molar-refractivity contribution in [3.63, 3.8) is 0 Å². The lowest BCUT2D eigenvalue weighted by Gasteiger charge is -2.16. The number of aromatic amines is 1. The van der Waals surface area contributed by atoms with Gasteiger partial charge in [0.25, 0.3) is 0 Å². The molecule has 0 aliphatic rings. The van der Waals surface area contributed by atoms with Crippen molar-refractivity contribution in [2.24, 2.45) is 0 Å². The summed E-state index contributed by atoms with van der Waals surface area (Å²) in [6.07, 6.45) is 4.89. The largest absolute Gasteiger partial charge is 0.461 e. The van der Waals surface area contributed by atoms with E-state index in [2.05, 4.69) is 29.9 Å². The zero-order valence-corrected chi connectivity index (χ0v) is 12.8. The van der Waals surface area contributed by atoms with Crippen LogP contribution in [0.1, 0.15) is 55.0 Å². The van der Waals surface area contributed by atoms with Crippen LogP contribution in [0.3, 0.4) is 0 Å². The van der Waals surface area contributed by atoms with Gasteiger partial charge in [0.05, 0.1) is 12.0 Å². The van der Waals surface area contributed by atoms with Crippen LogP contribution in [0, 0.1) is 6.92 Å². The first kappa shape index (κ1) is 15.3. The number of rotatable bonds is 6. The molecule has 0 saturated carbocycles. The van der Waals surface area contributed by atoms with E-state index in [0.717, 1.165) is 23.2 Å². The molecule has 21 heavy (non-hydrogen) atoms. The zero-order chi connectivity index (χ0) is 15.2. The van der Waals surface area contributed by atoms with Gasteiger partial charge >= 0.3 is 5.97 Å². The normalized spacial score (nSPS) is 12.1. The maximum absolute atomic E-state index is 11.5. The highest BCUT2D eigenvalue weighted by Crippen LogP contribution is 2.27. The Kier molecular flexibility index (Phi) is 5.14. The summed E-state index contributed by atoms with van der Waals surface area (Å²) in [4.78, 5) is 18.8. The van der Waals surface area contributed by atoms with E-state index in [-0.39, 0.29) is 11.9 Å². The third-order valence-electron chi connectivity index (χ3n) is 3.76. The standard InChI is InChI=1S/C17H22N2O2/c1-4-6-17(20)21-10-14-7-5-8-15(12(14)2)13(3)16-9-18-11-19-16/h5,7-9,11,13H,4,6,10H2,1-3H3,(H,18,19)/t13-/m0/s1. The predicted molar refractivity (Wildman–Crippen MR) is 82.0 cm³/mol. The summed E-state index contributed by atoms with van der Waals surface area (Å²) in [7, 11) is 0. The summed E-state index contributed by atoms with van der Waals surface area (Å²) < 4.78 is 5.31. The third-order valence-corrected chi connectivity index (χ3v) is 3.76. The summed E-state index contributed by atoms with van der Waals surface area (Å²) in [6, 6.07) is 6.12. The van der Waals surface area contributed by atoms with Crippen LogP contribution in [-0.4, -0.2) is 15.9 Å². The molecule has 0 aliphatic heterocycles. The molecule has 112 valence electrons. The maximum atomic E-state index is 11.5. The van der Waals surface area contributed by atoms with E-state index in [1.54, 1.807) is 6.33 Å². The topological polar surface area (TPSA) is 55.0 Å². The molecule has 0 saturated heterocycles. The van der Waals surface area contributed by atoms with Crippen LogP contribution in [0.25, 0.3) is 0 Å². The molecule has 4 heteroatoms. The van der Waals surface area contributed by atoms with Gasteiger partial charge in [0.1, 0.15) is 6.61 Å². The van der Waals surface area contributed by atoms with Gasteiger partial charge in [0.15, 0.2) is 0 Å². The van der Waals surface area contributed by atoms with Crippen LogP contribution in [0.2, 0.25) is 0 Å². The lowest BCUT2D eigenvalue weighted by Crippen LogP contribution is -2.07. The lowest BCUT2D eigenvalue weighted by atomic mass is 9.91. The van der Waals surface area contributed by atoms with Crippen molar-refractivity contribution in [2.75, 3.05) is 0 Å². The van der Waals surface area contributed by atoms with Gasteiger partial charge in [-0.25, -0.2) is 4.98 Å². The van der Waals surface area contributed by atoms with E-state index >= 15 is 0 Å². The van der Waals surface area contributed by atoms with Crippen LogP contribution in [0.4, 0.5) is 0 Å². The van der Waals surface area contributed by atoms with Crippen molar-refractivity contribution in [3.8, 4) is 0 Å². The molecular formula is C17H22N2O2. The maximum Gasteiger partial charge on any atom is 0.306 e. The van der Waals surface area contributed by atoms with E-state index in [1.165, 1.54) is 5.56 Å². The van der Waals surface area contributed by atoms with Gasteiger partial charge < -0.3 is 9.72 Å². The Balaban J connectivity index is 2.14. The molecule has 0 amide bonds. The van der Waals surface area contributed by atoms with Crippen molar-refractivity contribution < 1.29 is 9.53 Å². The number of nitrogens with zero attached hydrogens (tertiary/aromatic N) is 1. The molecule has 0 radical (unpaired) electrons. The van der Waals surface area contributed by atoms with Crippen molar-refractivity contribution in [3.05, 3.63) is 53.1 Å². The molecule has 0 bridgehead atoms. The third kappa shape index (κ3) is 3.72. The molecule has 0 aliphatic carbocycles. The smallest absolute Gasteiger partial charge is 0.306 e. The first-order chi connectivity index (χ1) is 10.1. The number of benzene rings is 1. The Bertz CT molecular complexity index is 591. The lowest BCUT2D eigenvalue weighted by molar-refractivity contribution is -0.145. The van der Waals surface area contributed by atoms with E-state index in [1.807, 2.05) is 25.3 Å². The fourth-order valence-corrected chi connectivity index (χ4v) is 2.43. The Morgan fingerprint density at radius 1 is 1.43 bits per heavy atom. The SMILES string of the molecule is CCCC(=O)OCc1cccc([C@H](C)c2c[nH]cn2)c1C. The summed E-state index contributed by atoms with van der Waals surface area (Å²) in [5.74, 6) is 0.0743. The predicted octanol–water partition coefficient (Wildman–Crippen LogP) is 3.71. The molecule has 1 atom stereocenters. The Morgan fingerprint density at radius 3 is 2.90 bits per heavy atom. The molecule has 1 heterocycles. The van der Waals surface area contributed by atoms with Crippen molar-refractivity contribution >= 4 is 5.97 Å². The van der Waals surface area contributed by atoms with Crippen molar-refractivity contribution in [1.82, 2.24) is 9.97 Å². The Morgan fingerprint density at radius 2 is 2.24 bits per heavy atom. The number of aromatic nitrogens is 2. The number of carbonyl (C=O) groups excluding carboxylic acids is 1. The van der Waals surface area contributed by atoms with Gasteiger partial charge in [0.2, 0.25) is 0 Å². The molecule has 2 aromatic rings. The number of esters is 1. The molecule has 1 aromatic carbocycles. The van der Waals surface area contributed by atoms with Crippen molar-refractivity contribution in [2.45, 2.75) is 46.1 Å². The fourth-order valence-electron chi connectivity index (χ4n) is 2.43. The number of nitrogens with one attached hydrogen (secondary N) is 1. The molecule has 0 unspecified atom stereocenters. The fraction of sp³-hybridized carbons (Fsp3) is 0.412. The molecule has 1 N–H and O–H groups in total. The number of hydrogen-bond donors (Lipinski definition) is 1. The van der Waals surface area contributed by atoms with Crippen LogP contribution in [-0.2, 0) is 16.1 Å². The highest BCUT2D eigenvalue weighted by atomic mass is 16.5. The van der Waals surface area contributed by atoms with E-state index in [4.69, 9.17) is 4.74 Å². The molecule has 2 rings (SSSR count). The Hall–Kier alpha value is -2.10. The first-order valence-electron chi connectivity index (χ1n) is 7.36. The molecule has 0 fully saturated rings. The van der Waals surface area contributed by atoms with Gasteiger partial charge in [-0.15, -0.1) is 0 Å². The van der Waals surface area contributed by atoms with Gasteiger partial charge in [0, 0.05) is 18.5 Å². The average Bonchev–Trinajstić information content (AvgIpc) is 3.00. The van der Waals surface area contributed by atoms with E-state index in [9.17, 15) is 4.79 Å². The highest BCUT2D eigenvalue weighted by Gasteiger charge is 2.15. The van der Waals surface area contributed by atoms with Gasteiger partial charge in [-0.1, -0.05) is 32.0 Å². The zero-order valence-electron chi connectivity index (χ0n) is 12.8. The average molecular weight is 286 g/mol. The number of hydrogen-bond acceptors (Lipinski definition) is 3. The van der Waals surface area contributed by atoms with E-state index < -0.39 is 0 Å². The summed E-state index contributed by atoms with van der Waals surface area (Å²) in [5.41, 5.74) is 4.45. The van der Waals surface area contributed by atoms with Crippen LogP contribution in [0.5, 0.6) is 0 Å². The quantitative estimate of drug-likeness (QED) is 0.823. The second-order valence-electron chi connectivity index (χ2n) is 5.26. The second-order valence-corrected chi connectivity index (χ2v) is 5.26. The number of H-pyrrole nitrogens is 1. The van der Waals surface area contributed by atoms with Crippen LogP contribution < -0.4 is 0 Å². The number of imidazole rings is 1. The van der Waals surface area contributed by atoms with E-state index in [0.29, 0.717) is 13.0 Å². The van der Waals surface area contributed by atoms with Crippen molar-refractivity contribution in [1.29, 1.82) is 0 Å². The minimum Gasteiger partial charge on any atom is -0.461 e.